The van der Waals surface area contributed by atoms with Gasteiger partial charge in [0.25, 0.3) is 0 Å². The van der Waals surface area contributed by atoms with E-state index in [1.807, 2.05) is 0 Å². The van der Waals surface area contributed by atoms with Crippen molar-refractivity contribution in [3.8, 4) is 0 Å². The zero-order valence-corrected chi connectivity index (χ0v) is 7.67. The van der Waals surface area contributed by atoms with Crippen molar-refractivity contribution in [2.75, 3.05) is 11.5 Å². The average Bonchev–Trinajstić information content (AvgIpc) is 2.29. The number of hydrogen-bond acceptors (Lipinski definition) is 0. The summed E-state index contributed by atoms with van der Waals surface area (Å²) in [6.07, 6.45) is 7.64. The molecule has 58 valence electrons. The molecule has 2 fully saturated rings. The lowest BCUT2D eigenvalue weighted by Crippen LogP contribution is -2.36. The minimum atomic E-state index is 0.818. The van der Waals surface area contributed by atoms with Crippen molar-refractivity contribution >= 4 is 10.9 Å². The average molecular weight is 157 g/mol. The van der Waals surface area contributed by atoms with E-state index >= 15 is 0 Å². The van der Waals surface area contributed by atoms with Crippen molar-refractivity contribution in [2.45, 2.75) is 43.8 Å². The van der Waals surface area contributed by atoms with Gasteiger partial charge in [-0.05, 0) is 43.5 Å². The van der Waals surface area contributed by atoms with Crippen molar-refractivity contribution < 1.29 is 0 Å². The summed E-state index contributed by atoms with van der Waals surface area (Å²) < 4.78 is 0.818. The van der Waals surface area contributed by atoms with Crippen LogP contribution in [0.3, 0.4) is 0 Å². The Labute approximate surface area is 66.7 Å². The first-order valence-electron chi connectivity index (χ1n) is 4.49. The van der Waals surface area contributed by atoms with Gasteiger partial charge in [-0.1, -0.05) is 0 Å². The SMILES string of the molecule is C[C@]12CCCC[S+]1CCC2. The van der Waals surface area contributed by atoms with Gasteiger partial charge in [0.2, 0.25) is 0 Å². The zero-order valence-electron chi connectivity index (χ0n) is 6.86. The maximum atomic E-state index is 2.53. The molecule has 2 atom stereocenters. The molecule has 2 aliphatic rings. The summed E-state index contributed by atoms with van der Waals surface area (Å²) in [5, 5.41) is 0. The normalized spacial score (nSPS) is 47.1. The largest absolute Gasteiger partial charge is 0.125 e. The van der Waals surface area contributed by atoms with Gasteiger partial charge in [0.15, 0.2) is 0 Å². The van der Waals surface area contributed by atoms with E-state index in [0.717, 1.165) is 15.6 Å². The van der Waals surface area contributed by atoms with Crippen LogP contribution in [0.25, 0.3) is 0 Å². The summed E-state index contributed by atoms with van der Waals surface area (Å²) in [7, 11) is 0.849. The molecular formula is C9H17S+. The molecule has 0 bridgehead atoms. The molecule has 0 aromatic carbocycles. The van der Waals surface area contributed by atoms with Crippen LogP contribution in [0.2, 0.25) is 0 Å². The topological polar surface area (TPSA) is 0 Å². The highest BCUT2D eigenvalue weighted by Gasteiger charge is 2.48. The Hall–Kier alpha value is 0.350. The van der Waals surface area contributed by atoms with Gasteiger partial charge >= 0.3 is 0 Å². The summed E-state index contributed by atoms with van der Waals surface area (Å²) >= 11 is 0. The molecule has 2 saturated heterocycles. The minimum Gasteiger partial charge on any atom is -0.0438 e. The Morgan fingerprint density at radius 3 is 2.50 bits per heavy atom. The molecule has 2 aliphatic heterocycles. The van der Waals surface area contributed by atoms with Crippen LogP contribution in [0.1, 0.15) is 39.0 Å². The third-order valence-corrected chi connectivity index (χ3v) is 6.50. The second kappa shape index (κ2) is 2.44. The number of rotatable bonds is 0. The summed E-state index contributed by atoms with van der Waals surface area (Å²) in [6, 6.07) is 0. The lowest BCUT2D eigenvalue weighted by atomic mass is 9.98. The van der Waals surface area contributed by atoms with Crippen molar-refractivity contribution in [1.82, 2.24) is 0 Å². The van der Waals surface area contributed by atoms with Crippen LogP contribution < -0.4 is 0 Å². The van der Waals surface area contributed by atoms with E-state index in [9.17, 15) is 0 Å². The molecular weight excluding hydrogens is 140 g/mol. The molecule has 0 radical (unpaired) electrons. The maximum absolute atomic E-state index is 2.53. The van der Waals surface area contributed by atoms with Gasteiger partial charge in [-0.25, -0.2) is 0 Å². The van der Waals surface area contributed by atoms with Crippen LogP contribution in [0.15, 0.2) is 0 Å². The van der Waals surface area contributed by atoms with E-state index in [1.165, 1.54) is 32.1 Å². The Morgan fingerprint density at radius 2 is 1.70 bits per heavy atom. The second-order valence-corrected chi connectivity index (χ2v) is 6.70. The van der Waals surface area contributed by atoms with Gasteiger partial charge < -0.3 is 0 Å². The molecule has 0 spiro atoms. The first kappa shape index (κ1) is 7.02. The predicted octanol–water partition coefficient (Wildman–Crippen LogP) is 2.34. The lowest BCUT2D eigenvalue weighted by molar-refractivity contribution is 0.515. The molecule has 0 nitrogen and oxygen atoms in total. The monoisotopic (exact) mass is 157 g/mol. The van der Waals surface area contributed by atoms with Gasteiger partial charge in [-0.15, -0.1) is 0 Å². The van der Waals surface area contributed by atoms with E-state index in [-0.39, 0.29) is 0 Å². The fourth-order valence-corrected chi connectivity index (χ4v) is 5.51. The molecule has 0 aromatic heterocycles. The molecule has 0 N–H and O–H groups in total. The van der Waals surface area contributed by atoms with Crippen LogP contribution >= 0.6 is 0 Å². The van der Waals surface area contributed by atoms with E-state index < -0.39 is 0 Å². The fraction of sp³-hybridized carbons (Fsp3) is 1.00. The van der Waals surface area contributed by atoms with Gasteiger partial charge in [0, 0.05) is 6.42 Å². The van der Waals surface area contributed by atoms with Gasteiger partial charge in [-0.3, -0.25) is 0 Å². The molecule has 10 heavy (non-hydrogen) atoms. The van der Waals surface area contributed by atoms with Crippen LogP contribution in [0.4, 0.5) is 0 Å². The van der Waals surface area contributed by atoms with Crippen LogP contribution in [0.5, 0.6) is 0 Å². The Bertz CT molecular complexity index is 133. The Morgan fingerprint density at radius 1 is 1.00 bits per heavy atom. The highest BCUT2D eigenvalue weighted by atomic mass is 32.2. The fourth-order valence-electron chi connectivity index (χ4n) is 2.40. The zero-order chi connectivity index (χ0) is 7.03. The molecule has 2 heterocycles. The molecule has 1 unspecified atom stereocenters. The summed E-state index contributed by atoms with van der Waals surface area (Å²) in [6.45, 7) is 2.53. The quantitative estimate of drug-likeness (QED) is 0.473. The number of hydrogen-bond donors (Lipinski definition) is 0. The van der Waals surface area contributed by atoms with E-state index in [4.69, 9.17) is 0 Å². The van der Waals surface area contributed by atoms with E-state index in [1.54, 1.807) is 11.5 Å². The van der Waals surface area contributed by atoms with Crippen LogP contribution in [0, 0.1) is 0 Å². The van der Waals surface area contributed by atoms with Crippen molar-refractivity contribution in [3.63, 3.8) is 0 Å². The summed E-state index contributed by atoms with van der Waals surface area (Å²) in [5.41, 5.74) is 0. The number of fused-ring (bicyclic) bond motifs is 1. The van der Waals surface area contributed by atoms with Crippen molar-refractivity contribution in [3.05, 3.63) is 0 Å². The minimum absolute atomic E-state index is 0.818. The maximum Gasteiger partial charge on any atom is 0.125 e. The molecule has 0 saturated carbocycles. The summed E-state index contributed by atoms with van der Waals surface area (Å²) in [5.74, 6) is 3.13. The van der Waals surface area contributed by atoms with Crippen molar-refractivity contribution in [2.24, 2.45) is 0 Å². The summed E-state index contributed by atoms with van der Waals surface area (Å²) in [4.78, 5) is 0. The van der Waals surface area contributed by atoms with Gasteiger partial charge in [0.05, 0.1) is 0 Å². The van der Waals surface area contributed by atoms with E-state index in [2.05, 4.69) is 6.92 Å². The van der Waals surface area contributed by atoms with Gasteiger partial charge in [0.1, 0.15) is 16.3 Å². The smallest absolute Gasteiger partial charge is 0.0438 e. The lowest BCUT2D eigenvalue weighted by Gasteiger charge is -2.27. The predicted molar refractivity (Wildman–Crippen MR) is 48.6 cm³/mol. The highest BCUT2D eigenvalue weighted by molar-refractivity contribution is 7.98. The molecule has 0 aliphatic carbocycles. The first-order chi connectivity index (χ1) is 4.81. The van der Waals surface area contributed by atoms with Crippen LogP contribution in [-0.2, 0) is 10.9 Å². The molecule has 2 rings (SSSR count). The van der Waals surface area contributed by atoms with Crippen molar-refractivity contribution in [1.29, 1.82) is 0 Å². The molecule has 1 heteroatoms. The Balaban J connectivity index is 2.10. The standard InChI is InChI=1S/C9H17S/c1-9-5-2-3-7-10(9)8-4-6-9/h2-8H2,1H3/q+1/t9-,10?/m1/s1. The molecule has 0 aromatic rings. The van der Waals surface area contributed by atoms with E-state index in [0.29, 0.717) is 0 Å². The third kappa shape index (κ3) is 0.990. The third-order valence-electron chi connectivity index (χ3n) is 3.14. The second-order valence-electron chi connectivity index (χ2n) is 3.91. The van der Waals surface area contributed by atoms with Gasteiger partial charge in [-0.2, -0.15) is 0 Å². The first-order valence-corrected chi connectivity index (χ1v) is 6.05. The Kier molecular flexibility index (Phi) is 1.71. The molecule has 0 amide bonds. The van der Waals surface area contributed by atoms with Crippen LogP contribution in [-0.4, -0.2) is 16.3 Å². The highest BCUT2D eigenvalue weighted by Crippen LogP contribution is 2.41.